The molecule has 0 atom stereocenters. The first-order chi connectivity index (χ1) is 9.34. The van der Waals surface area contributed by atoms with Gasteiger partial charge in [0.05, 0.1) is 0 Å². The highest BCUT2D eigenvalue weighted by molar-refractivity contribution is 5.47. The van der Waals surface area contributed by atoms with Crippen molar-refractivity contribution in [2.75, 3.05) is 0 Å². The van der Waals surface area contributed by atoms with E-state index in [0.717, 1.165) is 23.3 Å². The predicted octanol–water partition coefficient (Wildman–Crippen LogP) is 2.57. The second kappa shape index (κ2) is 4.06. The third-order valence-corrected chi connectivity index (χ3v) is 4.32. The van der Waals surface area contributed by atoms with Crippen molar-refractivity contribution >= 4 is 12.2 Å². The van der Waals surface area contributed by atoms with Gasteiger partial charge in [0.1, 0.15) is 5.82 Å². The molecule has 0 unspecified atom stereocenters. The molecule has 0 radical (unpaired) electrons. The van der Waals surface area contributed by atoms with Gasteiger partial charge in [0.2, 0.25) is 0 Å². The Hall–Kier alpha value is -1.89. The number of benzene rings is 2. The van der Waals surface area contributed by atoms with Gasteiger partial charge in [-0.25, -0.2) is 4.39 Å². The summed E-state index contributed by atoms with van der Waals surface area (Å²) in [4.78, 5) is 0. The Bertz CT molecular complexity index is 875. The van der Waals surface area contributed by atoms with Crippen LogP contribution in [0.4, 0.5) is 4.39 Å². The molecule has 19 heavy (non-hydrogen) atoms. The molecule has 0 saturated heterocycles. The number of hydrogen-bond acceptors (Lipinski definition) is 0. The van der Waals surface area contributed by atoms with Gasteiger partial charge in [-0.2, -0.15) is 0 Å². The van der Waals surface area contributed by atoms with Crippen molar-refractivity contribution in [3.05, 3.63) is 68.2 Å². The quantitative estimate of drug-likeness (QED) is 0.674. The fourth-order valence-electron chi connectivity index (χ4n) is 3.40. The van der Waals surface area contributed by atoms with Crippen molar-refractivity contribution in [2.24, 2.45) is 0 Å². The van der Waals surface area contributed by atoms with Crippen molar-refractivity contribution in [1.82, 2.24) is 0 Å². The van der Waals surface area contributed by atoms with Crippen LogP contribution in [0, 0.1) is 16.3 Å². The van der Waals surface area contributed by atoms with Crippen LogP contribution in [-0.4, -0.2) is 0 Å². The van der Waals surface area contributed by atoms with Gasteiger partial charge in [-0.05, 0) is 58.5 Å². The minimum Gasteiger partial charge on any atom is -0.206 e. The first kappa shape index (κ1) is 11.0. The van der Waals surface area contributed by atoms with Crippen molar-refractivity contribution in [3.63, 3.8) is 0 Å². The summed E-state index contributed by atoms with van der Waals surface area (Å²) in [6, 6.07) is 9.76. The smallest absolute Gasteiger partial charge is 0.130 e. The van der Waals surface area contributed by atoms with Gasteiger partial charge in [-0.3, -0.25) is 0 Å². The second-order valence-corrected chi connectivity index (χ2v) is 5.37. The summed E-state index contributed by atoms with van der Waals surface area (Å²) < 4.78 is 13.9. The predicted molar refractivity (Wildman–Crippen MR) is 75.3 cm³/mol. The second-order valence-electron chi connectivity index (χ2n) is 5.37. The van der Waals surface area contributed by atoms with Crippen LogP contribution >= 0.6 is 0 Å². The summed E-state index contributed by atoms with van der Waals surface area (Å²) in [6.45, 7) is 0. The summed E-state index contributed by atoms with van der Waals surface area (Å²) in [6.07, 6.45) is 8.82. The number of halogens is 1. The van der Waals surface area contributed by atoms with Gasteiger partial charge >= 0.3 is 0 Å². The Balaban J connectivity index is 2.25. The molecule has 2 aliphatic rings. The minimum absolute atomic E-state index is 0.104. The third kappa shape index (κ3) is 1.58. The van der Waals surface area contributed by atoms with E-state index in [0.29, 0.717) is 0 Å². The fourth-order valence-corrected chi connectivity index (χ4v) is 3.40. The summed E-state index contributed by atoms with van der Waals surface area (Å²) in [7, 11) is 0. The van der Waals surface area contributed by atoms with Crippen LogP contribution in [0.5, 0.6) is 0 Å². The highest BCUT2D eigenvalue weighted by Crippen LogP contribution is 2.17. The molecule has 0 aliphatic heterocycles. The molecular formula is C18H15F. The molecule has 0 N–H and O–H groups in total. The zero-order chi connectivity index (χ0) is 12.8. The van der Waals surface area contributed by atoms with Crippen LogP contribution < -0.4 is 10.4 Å². The molecule has 4 rings (SSSR count). The zero-order valence-electron chi connectivity index (χ0n) is 10.7. The normalized spacial score (nSPS) is 15.6. The van der Waals surface area contributed by atoms with Crippen molar-refractivity contribution in [2.45, 2.75) is 25.7 Å². The Morgan fingerprint density at radius 2 is 1.84 bits per heavy atom. The summed E-state index contributed by atoms with van der Waals surface area (Å²) in [5, 5.41) is 4.44. The van der Waals surface area contributed by atoms with Crippen LogP contribution in [-0.2, 0) is 12.8 Å². The van der Waals surface area contributed by atoms with Gasteiger partial charge in [-0.15, -0.1) is 0 Å². The summed E-state index contributed by atoms with van der Waals surface area (Å²) >= 11 is 0. The lowest BCUT2D eigenvalue weighted by molar-refractivity contribution is 0.616. The average Bonchev–Trinajstić information content (AvgIpc) is 2.47. The lowest BCUT2D eigenvalue weighted by atomic mass is 9.89. The molecule has 0 spiro atoms. The van der Waals surface area contributed by atoms with Gasteiger partial charge < -0.3 is 0 Å². The Kier molecular flexibility index (Phi) is 2.34. The third-order valence-electron chi connectivity index (χ3n) is 4.32. The van der Waals surface area contributed by atoms with Crippen LogP contribution in [0.25, 0.3) is 12.2 Å². The van der Waals surface area contributed by atoms with Crippen molar-refractivity contribution in [3.8, 4) is 0 Å². The molecule has 1 heteroatoms. The Labute approximate surface area is 111 Å². The Morgan fingerprint density at radius 1 is 0.895 bits per heavy atom. The highest BCUT2D eigenvalue weighted by Gasteiger charge is 2.12. The molecule has 0 fully saturated rings. The standard InChI is InChI=1S/C18H15F/c19-18-7-3-6-14-16-9-8-12-4-1-2-5-13(12)15(16)10-11-17(14)18/h3-4,6-9,11H,1-2,5,10H2. The van der Waals surface area contributed by atoms with Gasteiger partial charge in [0.25, 0.3) is 0 Å². The van der Waals surface area contributed by atoms with E-state index in [4.69, 9.17) is 0 Å². The van der Waals surface area contributed by atoms with E-state index in [1.807, 2.05) is 18.2 Å². The SMILES string of the molecule is Fc1cccc2c1=CCc1c3c(ccc1=2)=CCCC3. The van der Waals surface area contributed by atoms with Crippen molar-refractivity contribution in [1.29, 1.82) is 0 Å². The van der Waals surface area contributed by atoms with Crippen molar-refractivity contribution < 1.29 is 4.39 Å². The average molecular weight is 250 g/mol. The minimum atomic E-state index is -0.104. The fraction of sp³-hybridized carbons (Fsp3) is 0.222. The van der Waals surface area contributed by atoms with E-state index in [9.17, 15) is 4.39 Å². The van der Waals surface area contributed by atoms with E-state index < -0.39 is 0 Å². The topological polar surface area (TPSA) is 0 Å². The Morgan fingerprint density at radius 3 is 2.79 bits per heavy atom. The molecule has 2 aromatic carbocycles. The van der Waals surface area contributed by atoms with Crippen LogP contribution in [0.15, 0.2) is 30.3 Å². The van der Waals surface area contributed by atoms with Crippen LogP contribution in [0.2, 0.25) is 0 Å². The van der Waals surface area contributed by atoms with E-state index in [-0.39, 0.29) is 5.82 Å². The zero-order valence-corrected chi connectivity index (χ0v) is 10.7. The maximum Gasteiger partial charge on any atom is 0.130 e. The summed E-state index contributed by atoms with van der Waals surface area (Å²) in [5.41, 5.74) is 2.89. The maximum atomic E-state index is 13.9. The molecule has 0 saturated carbocycles. The largest absolute Gasteiger partial charge is 0.206 e. The van der Waals surface area contributed by atoms with Gasteiger partial charge in [0.15, 0.2) is 0 Å². The molecule has 0 amide bonds. The lowest BCUT2D eigenvalue weighted by Gasteiger charge is -2.16. The molecule has 0 bridgehead atoms. The molecular weight excluding hydrogens is 235 g/mol. The number of fused-ring (bicyclic) bond motifs is 4. The first-order valence-electron chi connectivity index (χ1n) is 6.94. The molecule has 0 nitrogen and oxygen atoms in total. The number of rotatable bonds is 0. The molecule has 0 heterocycles. The number of hydrogen-bond donors (Lipinski definition) is 0. The summed E-state index contributed by atoms with van der Waals surface area (Å²) in [5.74, 6) is -0.104. The molecule has 94 valence electrons. The molecule has 2 aliphatic carbocycles. The maximum absolute atomic E-state index is 13.9. The first-order valence-corrected chi connectivity index (χ1v) is 6.94. The van der Waals surface area contributed by atoms with Gasteiger partial charge in [0, 0.05) is 5.22 Å². The lowest BCUT2D eigenvalue weighted by Crippen LogP contribution is -2.20. The van der Waals surface area contributed by atoms with Gasteiger partial charge in [-0.1, -0.05) is 36.4 Å². The van der Waals surface area contributed by atoms with E-state index >= 15 is 0 Å². The van der Waals surface area contributed by atoms with Crippen LogP contribution in [0.3, 0.4) is 0 Å². The van der Waals surface area contributed by atoms with E-state index in [2.05, 4.69) is 18.2 Å². The van der Waals surface area contributed by atoms with Crippen LogP contribution in [0.1, 0.15) is 24.0 Å². The molecule has 0 aromatic heterocycles. The highest BCUT2D eigenvalue weighted by atomic mass is 19.1. The van der Waals surface area contributed by atoms with E-state index in [1.165, 1.54) is 34.4 Å². The van der Waals surface area contributed by atoms with E-state index in [1.54, 1.807) is 6.07 Å². The monoisotopic (exact) mass is 250 g/mol. The molecule has 2 aromatic rings.